The molecule has 0 radical (unpaired) electrons. The fourth-order valence-corrected chi connectivity index (χ4v) is 4.11. The molecule has 1 aliphatic carbocycles. The van der Waals surface area contributed by atoms with Crippen molar-refractivity contribution < 1.29 is 4.79 Å². The number of piperidine rings is 1. The van der Waals surface area contributed by atoms with E-state index in [1.807, 2.05) is 4.68 Å². The molecular weight excluding hydrogens is 314 g/mol. The molecule has 0 bridgehead atoms. The summed E-state index contributed by atoms with van der Waals surface area (Å²) in [6, 6.07) is 2.36. The van der Waals surface area contributed by atoms with Gasteiger partial charge in [-0.3, -0.25) is 9.48 Å². The molecule has 6 nitrogen and oxygen atoms in total. The number of carbonyl (C=O) groups excluding carboxylic acids is 1. The van der Waals surface area contributed by atoms with Crippen LogP contribution in [-0.2, 0) is 6.54 Å². The van der Waals surface area contributed by atoms with Crippen LogP contribution in [0.15, 0.2) is 12.4 Å². The van der Waals surface area contributed by atoms with E-state index in [1.54, 1.807) is 12.4 Å². The van der Waals surface area contributed by atoms with Crippen LogP contribution in [0.25, 0.3) is 0 Å². The van der Waals surface area contributed by atoms with Crippen molar-refractivity contribution in [2.24, 2.45) is 5.92 Å². The standard InChI is InChI=1S/C19H29N5O/c1-16-6-5-7-19(12-16,15-20)22-18(25)17-13-21-24(14-17)11-10-23-8-3-2-4-9-23/h13-14,16H,2-12H2,1H3,(H,22,25)/t16-,19+/m1/s1. The third-order valence-corrected chi connectivity index (χ3v) is 5.55. The van der Waals surface area contributed by atoms with Crippen LogP contribution in [0.2, 0.25) is 0 Å². The van der Waals surface area contributed by atoms with Crippen LogP contribution in [-0.4, -0.2) is 45.8 Å². The fraction of sp³-hybridized carbons (Fsp3) is 0.737. The Hall–Kier alpha value is -1.87. The third kappa shape index (κ3) is 4.60. The van der Waals surface area contributed by atoms with Gasteiger partial charge in [-0.25, -0.2) is 0 Å². The Morgan fingerprint density at radius 1 is 1.36 bits per heavy atom. The maximum Gasteiger partial charge on any atom is 0.255 e. The highest BCUT2D eigenvalue weighted by Gasteiger charge is 2.36. The number of likely N-dealkylation sites (tertiary alicyclic amines) is 1. The largest absolute Gasteiger partial charge is 0.334 e. The molecule has 1 saturated carbocycles. The van der Waals surface area contributed by atoms with Gasteiger partial charge in [0.05, 0.1) is 24.4 Å². The molecule has 2 atom stereocenters. The van der Waals surface area contributed by atoms with Crippen LogP contribution in [0.5, 0.6) is 0 Å². The maximum atomic E-state index is 12.6. The van der Waals surface area contributed by atoms with Crippen molar-refractivity contribution in [3.8, 4) is 6.07 Å². The number of hydrogen-bond donors (Lipinski definition) is 1. The van der Waals surface area contributed by atoms with Gasteiger partial charge in [0, 0.05) is 12.7 Å². The van der Waals surface area contributed by atoms with Crippen molar-refractivity contribution in [3.05, 3.63) is 18.0 Å². The molecule has 2 fully saturated rings. The van der Waals surface area contributed by atoms with Crippen LogP contribution in [0.4, 0.5) is 0 Å². The first-order chi connectivity index (χ1) is 12.1. The van der Waals surface area contributed by atoms with E-state index in [0.717, 1.165) is 51.9 Å². The van der Waals surface area contributed by atoms with Gasteiger partial charge < -0.3 is 10.2 Å². The summed E-state index contributed by atoms with van der Waals surface area (Å²) in [5.41, 5.74) is -0.170. The minimum atomic E-state index is -0.718. The zero-order valence-electron chi connectivity index (χ0n) is 15.2. The van der Waals surface area contributed by atoms with E-state index in [-0.39, 0.29) is 5.91 Å². The lowest BCUT2D eigenvalue weighted by Gasteiger charge is -2.34. The van der Waals surface area contributed by atoms with Crippen molar-refractivity contribution in [1.82, 2.24) is 20.0 Å². The summed E-state index contributed by atoms with van der Waals surface area (Å²) in [5.74, 6) is 0.292. The predicted molar refractivity (Wildman–Crippen MR) is 96.0 cm³/mol. The van der Waals surface area contributed by atoms with Crippen molar-refractivity contribution in [2.75, 3.05) is 19.6 Å². The average Bonchev–Trinajstić information content (AvgIpc) is 3.10. The number of hydrogen-bond acceptors (Lipinski definition) is 4. The molecule has 2 aliphatic rings. The Kier molecular flexibility index (Phi) is 5.74. The topological polar surface area (TPSA) is 74.0 Å². The summed E-state index contributed by atoms with van der Waals surface area (Å²) >= 11 is 0. The molecule has 136 valence electrons. The molecule has 0 aromatic carbocycles. The summed E-state index contributed by atoms with van der Waals surface area (Å²) in [6.45, 7) is 6.25. The zero-order chi connectivity index (χ0) is 17.7. The number of carbonyl (C=O) groups is 1. The number of rotatable bonds is 5. The van der Waals surface area contributed by atoms with Crippen LogP contribution in [0.3, 0.4) is 0 Å². The van der Waals surface area contributed by atoms with E-state index in [9.17, 15) is 10.1 Å². The molecule has 3 rings (SSSR count). The first-order valence-electron chi connectivity index (χ1n) is 9.59. The van der Waals surface area contributed by atoms with Gasteiger partial charge in [-0.2, -0.15) is 10.4 Å². The Bertz CT molecular complexity index is 628. The Morgan fingerprint density at radius 2 is 2.16 bits per heavy atom. The fourth-order valence-electron chi connectivity index (χ4n) is 4.11. The lowest BCUT2D eigenvalue weighted by Crippen LogP contribution is -2.50. The number of nitriles is 1. The van der Waals surface area contributed by atoms with Gasteiger partial charge >= 0.3 is 0 Å². The van der Waals surface area contributed by atoms with E-state index in [1.165, 1.54) is 19.3 Å². The molecule has 0 spiro atoms. The molecule has 1 aromatic heterocycles. The van der Waals surface area contributed by atoms with E-state index < -0.39 is 5.54 Å². The van der Waals surface area contributed by atoms with Crippen molar-refractivity contribution in [1.29, 1.82) is 5.26 Å². The molecule has 1 aromatic rings. The second-order valence-electron chi connectivity index (χ2n) is 7.74. The number of aromatic nitrogens is 2. The van der Waals surface area contributed by atoms with E-state index in [0.29, 0.717) is 11.5 Å². The van der Waals surface area contributed by atoms with E-state index in [2.05, 4.69) is 28.3 Å². The molecule has 1 N–H and O–H groups in total. The number of nitrogens with zero attached hydrogens (tertiary/aromatic N) is 4. The second kappa shape index (κ2) is 8.01. The lowest BCUT2D eigenvalue weighted by atomic mass is 9.77. The maximum absolute atomic E-state index is 12.6. The second-order valence-corrected chi connectivity index (χ2v) is 7.74. The highest BCUT2D eigenvalue weighted by molar-refractivity contribution is 5.94. The van der Waals surface area contributed by atoms with Gasteiger partial charge in [-0.1, -0.05) is 19.8 Å². The summed E-state index contributed by atoms with van der Waals surface area (Å²) in [4.78, 5) is 15.0. The van der Waals surface area contributed by atoms with Gasteiger partial charge in [0.25, 0.3) is 5.91 Å². The van der Waals surface area contributed by atoms with Crippen LogP contribution < -0.4 is 5.32 Å². The van der Waals surface area contributed by atoms with E-state index in [4.69, 9.17) is 0 Å². The third-order valence-electron chi connectivity index (χ3n) is 5.55. The minimum Gasteiger partial charge on any atom is -0.334 e. The molecule has 0 unspecified atom stereocenters. The van der Waals surface area contributed by atoms with Crippen molar-refractivity contribution in [2.45, 2.75) is 64.0 Å². The van der Waals surface area contributed by atoms with Crippen molar-refractivity contribution in [3.63, 3.8) is 0 Å². The molecule has 1 saturated heterocycles. The quantitative estimate of drug-likeness (QED) is 0.892. The minimum absolute atomic E-state index is 0.181. The summed E-state index contributed by atoms with van der Waals surface area (Å²) < 4.78 is 1.84. The molecule has 25 heavy (non-hydrogen) atoms. The Labute approximate surface area is 150 Å². The van der Waals surface area contributed by atoms with E-state index >= 15 is 0 Å². The van der Waals surface area contributed by atoms with Gasteiger partial charge in [0.15, 0.2) is 0 Å². The lowest BCUT2D eigenvalue weighted by molar-refractivity contribution is 0.0890. The zero-order valence-corrected chi connectivity index (χ0v) is 15.2. The first kappa shape index (κ1) is 17.9. The number of nitrogens with one attached hydrogen (secondary N) is 1. The highest BCUT2D eigenvalue weighted by Crippen LogP contribution is 2.32. The summed E-state index contributed by atoms with van der Waals surface area (Å²) in [7, 11) is 0. The van der Waals surface area contributed by atoms with Crippen molar-refractivity contribution >= 4 is 5.91 Å². The number of amides is 1. The molecular formula is C19H29N5O. The summed E-state index contributed by atoms with van der Waals surface area (Å²) in [6.07, 6.45) is 10.9. The van der Waals surface area contributed by atoms with Gasteiger partial charge in [0.1, 0.15) is 5.54 Å². The van der Waals surface area contributed by atoms with Crippen LogP contribution in [0, 0.1) is 17.2 Å². The normalized spacial score (nSPS) is 27.6. The van der Waals surface area contributed by atoms with Gasteiger partial charge in [0.2, 0.25) is 0 Å². The SMILES string of the molecule is C[C@@H]1CCC[C@](C#N)(NC(=O)c2cnn(CCN3CCCCC3)c2)C1. The van der Waals surface area contributed by atoms with Gasteiger partial charge in [-0.15, -0.1) is 0 Å². The molecule has 1 amide bonds. The summed E-state index contributed by atoms with van der Waals surface area (Å²) in [5, 5.41) is 16.9. The Balaban J connectivity index is 1.55. The van der Waals surface area contributed by atoms with Gasteiger partial charge in [-0.05, 0) is 51.1 Å². The van der Waals surface area contributed by atoms with Crippen LogP contribution >= 0.6 is 0 Å². The monoisotopic (exact) mass is 343 g/mol. The predicted octanol–water partition coefficient (Wildman–Crippen LogP) is 2.57. The average molecular weight is 343 g/mol. The van der Waals surface area contributed by atoms with Crippen LogP contribution in [0.1, 0.15) is 62.2 Å². The Morgan fingerprint density at radius 3 is 2.88 bits per heavy atom. The highest BCUT2D eigenvalue weighted by atomic mass is 16.1. The first-order valence-corrected chi connectivity index (χ1v) is 9.59. The molecule has 6 heteroatoms. The molecule has 1 aliphatic heterocycles. The smallest absolute Gasteiger partial charge is 0.255 e. The molecule has 2 heterocycles.